The van der Waals surface area contributed by atoms with Crippen molar-refractivity contribution >= 4 is 18.4 Å². The number of piperidine rings is 3. The number of hydrogen-bond donors (Lipinski definition) is 0. The highest BCUT2D eigenvalue weighted by atomic mass is 35.5. The molecule has 0 radical (unpaired) electrons. The van der Waals surface area contributed by atoms with Gasteiger partial charge in [0.25, 0.3) is 0 Å². The van der Waals surface area contributed by atoms with Crippen molar-refractivity contribution in [3.05, 3.63) is 59.7 Å². The van der Waals surface area contributed by atoms with Crippen LogP contribution in [0.2, 0.25) is 0 Å². The maximum absolute atomic E-state index is 13.0. The number of carbonyl (C=O) groups excluding carboxylic acids is 1. The van der Waals surface area contributed by atoms with Gasteiger partial charge in [0, 0.05) is 17.7 Å². The summed E-state index contributed by atoms with van der Waals surface area (Å²) in [6, 6.07) is 15.6. The second-order valence-corrected chi connectivity index (χ2v) is 7.24. The maximum atomic E-state index is 13.0. The Morgan fingerprint density at radius 3 is 2.08 bits per heavy atom. The van der Waals surface area contributed by atoms with Gasteiger partial charge in [-0.15, -0.1) is 12.4 Å². The molecule has 3 fully saturated rings. The summed E-state index contributed by atoms with van der Waals surface area (Å²) in [5, 5.41) is 0. The van der Waals surface area contributed by atoms with Gasteiger partial charge in [-0.2, -0.15) is 0 Å². The van der Waals surface area contributed by atoms with Gasteiger partial charge in [-0.25, -0.2) is 0 Å². The lowest BCUT2D eigenvalue weighted by Crippen LogP contribution is -2.50. The van der Waals surface area contributed by atoms with E-state index in [0.717, 1.165) is 55.1 Å². The maximum Gasteiger partial charge on any atom is 0.311 e. The van der Waals surface area contributed by atoms with Crippen LogP contribution >= 0.6 is 12.4 Å². The number of halogens is 1. The SMILES string of the molecule is Cl.O=C(OC1c2ccccc2Oc2ccccc21)C1CN2CCC1CC2. The number of fused-ring (bicyclic) bond motifs is 5. The van der Waals surface area contributed by atoms with E-state index < -0.39 is 0 Å². The van der Waals surface area contributed by atoms with E-state index in [1.165, 1.54) is 0 Å². The van der Waals surface area contributed by atoms with Gasteiger partial charge in [-0.1, -0.05) is 36.4 Å². The number of carbonyl (C=O) groups is 1. The molecule has 0 aliphatic carbocycles. The summed E-state index contributed by atoms with van der Waals surface area (Å²) in [6.07, 6.45) is 1.84. The number of para-hydroxylation sites is 2. The van der Waals surface area contributed by atoms with Crippen LogP contribution in [0.25, 0.3) is 0 Å². The molecule has 4 aliphatic heterocycles. The minimum atomic E-state index is -0.385. The summed E-state index contributed by atoms with van der Waals surface area (Å²) < 4.78 is 12.1. The van der Waals surface area contributed by atoms with Crippen LogP contribution in [0.5, 0.6) is 11.5 Å². The first-order chi connectivity index (χ1) is 12.3. The van der Waals surface area contributed by atoms with Crippen LogP contribution in [0.3, 0.4) is 0 Å². The summed E-state index contributed by atoms with van der Waals surface area (Å²) in [6.45, 7) is 3.09. The van der Waals surface area contributed by atoms with Gasteiger partial charge in [0.15, 0.2) is 6.10 Å². The Kier molecular flexibility index (Phi) is 4.63. The first kappa shape index (κ1) is 17.4. The van der Waals surface area contributed by atoms with Gasteiger partial charge >= 0.3 is 5.97 Å². The molecule has 136 valence electrons. The van der Waals surface area contributed by atoms with E-state index in [1.807, 2.05) is 48.5 Å². The first-order valence-corrected chi connectivity index (χ1v) is 9.08. The number of hydrogen-bond acceptors (Lipinski definition) is 4. The van der Waals surface area contributed by atoms with E-state index in [1.54, 1.807) is 0 Å². The largest absolute Gasteiger partial charge is 0.456 e. The summed E-state index contributed by atoms with van der Waals surface area (Å²) in [7, 11) is 0. The van der Waals surface area contributed by atoms with Crippen LogP contribution in [-0.2, 0) is 9.53 Å². The van der Waals surface area contributed by atoms with Crippen LogP contribution in [0.15, 0.2) is 48.5 Å². The van der Waals surface area contributed by atoms with Crippen molar-refractivity contribution in [2.45, 2.75) is 18.9 Å². The molecular formula is C21H22ClNO3. The van der Waals surface area contributed by atoms with Crippen molar-refractivity contribution in [1.82, 2.24) is 4.90 Å². The average Bonchev–Trinajstić information content (AvgIpc) is 2.68. The standard InChI is InChI=1S/C21H21NO3.ClH/c23-21(17-13-22-11-9-14(17)10-12-22)25-20-15-5-1-3-7-18(15)24-19-8-4-2-6-16(19)20;/h1-8,14,17,20H,9-13H2;1H. The average molecular weight is 372 g/mol. The third-order valence-corrected chi connectivity index (χ3v) is 5.82. The summed E-state index contributed by atoms with van der Waals surface area (Å²) in [5.41, 5.74) is 1.85. The van der Waals surface area contributed by atoms with Crippen molar-refractivity contribution in [1.29, 1.82) is 0 Å². The molecule has 0 spiro atoms. The fraction of sp³-hybridized carbons (Fsp3) is 0.381. The highest BCUT2D eigenvalue weighted by Gasteiger charge is 2.41. The highest BCUT2D eigenvalue weighted by Crippen LogP contribution is 2.45. The van der Waals surface area contributed by atoms with Crippen molar-refractivity contribution in [2.24, 2.45) is 11.8 Å². The molecule has 2 aromatic carbocycles. The Bertz CT molecular complexity index is 771. The fourth-order valence-electron chi connectivity index (χ4n) is 4.43. The fourth-order valence-corrected chi connectivity index (χ4v) is 4.43. The molecule has 4 nitrogen and oxygen atoms in total. The molecule has 0 N–H and O–H groups in total. The Hall–Kier alpha value is -2.04. The quantitative estimate of drug-likeness (QED) is 0.742. The monoisotopic (exact) mass is 371 g/mol. The van der Waals surface area contributed by atoms with Crippen LogP contribution in [-0.4, -0.2) is 30.5 Å². The minimum Gasteiger partial charge on any atom is -0.456 e. The lowest BCUT2D eigenvalue weighted by Gasteiger charge is -2.43. The summed E-state index contributed by atoms with van der Waals surface area (Å²) >= 11 is 0. The predicted molar refractivity (Wildman–Crippen MR) is 101 cm³/mol. The first-order valence-electron chi connectivity index (χ1n) is 9.08. The van der Waals surface area contributed by atoms with Gasteiger partial charge in [-0.3, -0.25) is 4.79 Å². The second-order valence-electron chi connectivity index (χ2n) is 7.24. The molecule has 0 amide bonds. The molecule has 0 saturated carbocycles. The Morgan fingerprint density at radius 1 is 0.962 bits per heavy atom. The molecule has 26 heavy (non-hydrogen) atoms. The summed E-state index contributed by atoms with van der Waals surface area (Å²) in [4.78, 5) is 15.4. The molecule has 1 unspecified atom stereocenters. The van der Waals surface area contributed by atoms with Crippen molar-refractivity contribution in [3.8, 4) is 11.5 Å². The normalized spacial score (nSPS) is 26.1. The predicted octanol–water partition coefficient (Wildman–Crippen LogP) is 4.19. The second kappa shape index (κ2) is 6.93. The molecule has 2 bridgehead atoms. The third kappa shape index (κ3) is 2.87. The lowest BCUT2D eigenvalue weighted by molar-refractivity contribution is -0.159. The highest BCUT2D eigenvalue weighted by molar-refractivity contribution is 5.85. The van der Waals surface area contributed by atoms with Gasteiger partial charge in [0.05, 0.1) is 5.92 Å². The zero-order valence-electron chi connectivity index (χ0n) is 14.5. The van der Waals surface area contributed by atoms with Crippen molar-refractivity contribution in [3.63, 3.8) is 0 Å². The zero-order chi connectivity index (χ0) is 16.8. The van der Waals surface area contributed by atoms with Crippen molar-refractivity contribution in [2.75, 3.05) is 19.6 Å². The molecule has 1 atom stereocenters. The lowest BCUT2D eigenvalue weighted by atomic mass is 9.79. The van der Waals surface area contributed by atoms with Crippen LogP contribution in [0.1, 0.15) is 30.1 Å². The molecule has 4 aliphatic rings. The van der Waals surface area contributed by atoms with E-state index in [4.69, 9.17) is 9.47 Å². The van der Waals surface area contributed by atoms with Gasteiger partial charge in [0.2, 0.25) is 0 Å². The van der Waals surface area contributed by atoms with Crippen molar-refractivity contribution < 1.29 is 14.3 Å². The topological polar surface area (TPSA) is 38.8 Å². The van der Waals surface area contributed by atoms with Crippen LogP contribution in [0.4, 0.5) is 0 Å². The molecule has 6 rings (SSSR count). The van der Waals surface area contributed by atoms with Gasteiger partial charge in [-0.05, 0) is 44.0 Å². The zero-order valence-corrected chi connectivity index (χ0v) is 15.3. The van der Waals surface area contributed by atoms with Crippen LogP contribution < -0.4 is 4.74 Å². The Labute approximate surface area is 159 Å². The Morgan fingerprint density at radius 2 is 1.54 bits per heavy atom. The minimum absolute atomic E-state index is 0. The number of rotatable bonds is 2. The number of nitrogens with zero attached hydrogens (tertiary/aromatic N) is 1. The molecule has 5 heteroatoms. The third-order valence-electron chi connectivity index (χ3n) is 5.82. The van der Waals surface area contributed by atoms with E-state index in [0.29, 0.717) is 5.92 Å². The molecule has 0 aromatic heterocycles. The van der Waals surface area contributed by atoms with E-state index in [2.05, 4.69) is 4.90 Å². The van der Waals surface area contributed by atoms with E-state index in [9.17, 15) is 4.79 Å². The van der Waals surface area contributed by atoms with Crippen LogP contribution in [0, 0.1) is 11.8 Å². The Balaban J connectivity index is 0.00000168. The molecule has 2 aromatic rings. The smallest absolute Gasteiger partial charge is 0.311 e. The number of benzene rings is 2. The van der Waals surface area contributed by atoms with Gasteiger partial charge < -0.3 is 14.4 Å². The number of esters is 1. The van der Waals surface area contributed by atoms with E-state index >= 15 is 0 Å². The molecule has 4 heterocycles. The molecular weight excluding hydrogens is 350 g/mol. The molecule has 3 saturated heterocycles. The van der Waals surface area contributed by atoms with E-state index in [-0.39, 0.29) is 30.4 Å². The summed E-state index contributed by atoms with van der Waals surface area (Å²) in [5.74, 6) is 1.96. The number of ether oxygens (including phenoxy) is 2. The van der Waals surface area contributed by atoms with Gasteiger partial charge in [0.1, 0.15) is 11.5 Å².